The van der Waals surface area contributed by atoms with Gasteiger partial charge in [0.2, 0.25) is 10.0 Å². The maximum atomic E-state index is 13.9. The molecule has 1 fully saturated rings. The average Bonchev–Trinajstić information content (AvgIpc) is 3.64. The normalized spacial score (nSPS) is 14.2. The number of fused-ring (bicyclic) bond motifs is 1. The largest absolute Gasteiger partial charge is 0.326 e. The lowest BCUT2D eigenvalue weighted by Crippen LogP contribution is -2.28. The first-order valence-corrected chi connectivity index (χ1v) is 14.6. The molecule has 8 nitrogen and oxygen atoms in total. The molecule has 0 bridgehead atoms. The average molecular weight is 555 g/mol. The number of carbonyl (C=O) groups is 1. The summed E-state index contributed by atoms with van der Waals surface area (Å²) in [6.45, 7) is 9.22. The van der Waals surface area contributed by atoms with Crippen LogP contribution in [0, 0.1) is 32.1 Å². The first kappa shape index (κ1) is 27.3. The minimum absolute atomic E-state index is 0.0783. The number of pyridine rings is 2. The third kappa shape index (κ3) is 4.58. The summed E-state index contributed by atoms with van der Waals surface area (Å²) in [4.78, 5) is 33.3. The maximum Gasteiger partial charge on any atom is 0.251 e. The van der Waals surface area contributed by atoms with Crippen molar-refractivity contribution in [1.29, 1.82) is 5.26 Å². The van der Waals surface area contributed by atoms with E-state index in [4.69, 9.17) is 5.26 Å². The predicted octanol–water partition coefficient (Wildman–Crippen LogP) is 5.29. The fourth-order valence-corrected chi connectivity index (χ4v) is 7.55. The third-order valence-corrected chi connectivity index (χ3v) is 10.3. The lowest BCUT2D eigenvalue weighted by molar-refractivity contribution is 0.0984. The second-order valence-corrected chi connectivity index (χ2v) is 12.8. The van der Waals surface area contributed by atoms with Gasteiger partial charge in [-0.1, -0.05) is 6.08 Å². The zero-order valence-corrected chi connectivity index (χ0v) is 23.6. The number of H-pyrrole nitrogens is 1. The van der Waals surface area contributed by atoms with Gasteiger partial charge >= 0.3 is 0 Å². The van der Waals surface area contributed by atoms with Gasteiger partial charge in [-0.05, 0) is 93.5 Å². The van der Waals surface area contributed by atoms with Crippen LogP contribution in [0.15, 0.2) is 60.2 Å². The molecule has 1 aliphatic rings. The molecule has 1 saturated carbocycles. The molecule has 1 N–H and O–H groups in total. The molecule has 9 heteroatoms. The Kier molecular flexibility index (Phi) is 6.84. The van der Waals surface area contributed by atoms with Gasteiger partial charge in [0.05, 0.1) is 10.3 Å². The van der Waals surface area contributed by atoms with Crippen LogP contribution in [-0.4, -0.2) is 32.9 Å². The number of hydrogen-bond donors (Lipinski definition) is 1. The van der Waals surface area contributed by atoms with E-state index in [0.717, 1.165) is 11.3 Å². The Balaban J connectivity index is 1.66. The topological polar surface area (TPSA) is 126 Å². The summed E-state index contributed by atoms with van der Waals surface area (Å²) in [5.41, 5.74) is 4.91. The van der Waals surface area contributed by atoms with Crippen LogP contribution in [0.25, 0.3) is 22.0 Å². The number of carbonyl (C=O) groups excluding carboxylic acids is 1. The maximum absolute atomic E-state index is 13.9. The van der Waals surface area contributed by atoms with Crippen LogP contribution in [0.4, 0.5) is 0 Å². The number of rotatable bonds is 9. The van der Waals surface area contributed by atoms with Gasteiger partial charge in [0.25, 0.3) is 5.56 Å². The number of aromatic amines is 1. The molecule has 0 atom stereocenters. The van der Waals surface area contributed by atoms with Crippen LogP contribution in [-0.2, 0) is 16.4 Å². The Morgan fingerprint density at radius 1 is 1.18 bits per heavy atom. The SMILES string of the molecule is C=CCC1(S(=O)(=O)n2cc(C)c3c(C(=O)CCc4c(C)cc(C)[nH]c4=O)cc(-c4ccc(C#N)nc4)cc32)CC1. The van der Waals surface area contributed by atoms with E-state index in [0.29, 0.717) is 58.0 Å². The van der Waals surface area contributed by atoms with Crippen molar-refractivity contribution >= 4 is 26.7 Å². The van der Waals surface area contributed by atoms with Crippen molar-refractivity contribution in [2.75, 3.05) is 0 Å². The lowest BCUT2D eigenvalue weighted by atomic mass is 9.94. The summed E-state index contributed by atoms with van der Waals surface area (Å²) in [6.07, 6.45) is 6.56. The summed E-state index contributed by atoms with van der Waals surface area (Å²) in [7, 11) is -3.79. The van der Waals surface area contributed by atoms with Crippen molar-refractivity contribution in [3.63, 3.8) is 0 Å². The molecule has 1 aromatic carbocycles. The molecule has 204 valence electrons. The van der Waals surface area contributed by atoms with E-state index in [1.807, 2.05) is 26.0 Å². The standard InChI is InChI=1S/C31H30N4O4S/c1-5-10-31(11-12-31)40(38,39)35-18-20(3)29-26(28(36)9-8-25-19(2)13-21(4)34-30(25)37)14-23(15-27(29)35)22-6-7-24(16-32)33-17-22/h5-7,13-15,17-18H,1,8-12H2,2-4H3,(H,34,37). The number of Topliss-reactive ketones (excluding diaryl/α,β-unsaturated/α-hetero) is 1. The van der Waals surface area contributed by atoms with Crippen molar-refractivity contribution in [2.45, 2.75) is 57.6 Å². The first-order valence-electron chi connectivity index (χ1n) is 13.1. The molecule has 5 rings (SSSR count). The number of aromatic nitrogens is 3. The first-order chi connectivity index (χ1) is 19.0. The van der Waals surface area contributed by atoms with Crippen molar-refractivity contribution in [3.05, 3.63) is 99.4 Å². The van der Waals surface area contributed by atoms with Crippen molar-refractivity contribution in [1.82, 2.24) is 13.9 Å². The third-order valence-electron chi connectivity index (χ3n) is 7.80. The minimum atomic E-state index is -3.79. The smallest absolute Gasteiger partial charge is 0.251 e. The number of nitriles is 1. The lowest BCUT2D eigenvalue weighted by Gasteiger charge is -2.17. The molecule has 0 aliphatic heterocycles. The van der Waals surface area contributed by atoms with E-state index >= 15 is 0 Å². The van der Waals surface area contributed by atoms with Gasteiger partial charge in [0, 0.05) is 46.6 Å². The summed E-state index contributed by atoms with van der Waals surface area (Å²) in [5, 5.41) is 9.73. The van der Waals surface area contributed by atoms with Crippen molar-refractivity contribution in [2.24, 2.45) is 0 Å². The fraction of sp³-hybridized carbons (Fsp3) is 0.290. The number of allylic oxidation sites excluding steroid dienone is 1. The Morgan fingerprint density at radius 2 is 1.93 bits per heavy atom. The highest BCUT2D eigenvalue weighted by atomic mass is 32.2. The van der Waals surface area contributed by atoms with E-state index in [1.54, 1.807) is 43.5 Å². The molecular weight excluding hydrogens is 524 g/mol. The highest BCUT2D eigenvalue weighted by Crippen LogP contribution is 2.49. The zero-order valence-electron chi connectivity index (χ0n) is 22.7. The molecule has 0 amide bonds. The minimum Gasteiger partial charge on any atom is -0.326 e. The molecule has 4 aromatic rings. The van der Waals surface area contributed by atoms with Crippen LogP contribution < -0.4 is 5.56 Å². The second kappa shape index (κ2) is 10.0. The Morgan fingerprint density at radius 3 is 2.52 bits per heavy atom. The monoisotopic (exact) mass is 554 g/mol. The van der Waals surface area contributed by atoms with E-state index in [1.165, 1.54) is 10.2 Å². The van der Waals surface area contributed by atoms with Crippen molar-refractivity contribution < 1.29 is 13.2 Å². The Hall–Kier alpha value is -4.29. The second-order valence-electron chi connectivity index (χ2n) is 10.6. The van der Waals surface area contributed by atoms with Gasteiger partial charge < -0.3 is 4.98 Å². The molecule has 40 heavy (non-hydrogen) atoms. The van der Waals surface area contributed by atoms with Crippen LogP contribution in [0.2, 0.25) is 0 Å². The van der Waals surface area contributed by atoms with Crippen molar-refractivity contribution in [3.8, 4) is 17.2 Å². The van der Waals surface area contributed by atoms with Gasteiger partial charge in [0.1, 0.15) is 11.8 Å². The van der Waals surface area contributed by atoms with E-state index in [-0.39, 0.29) is 29.9 Å². The van der Waals surface area contributed by atoms with Crippen LogP contribution in [0.3, 0.4) is 0 Å². The molecule has 0 spiro atoms. The molecule has 0 radical (unpaired) electrons. The van der Waals surface area contributed by atoms with Crippen LogP contribution in [0.5, 0.6) is 0 Å². The van der Waals surface area contributed by atoms with Crippen LogP contribution >= 0.6 is 0 Å². The van der Waals surface area contributed by atoms with E-state index < -0.39 is 14.8 Å². The number of nitrogens with zero attached hydrogens (tertiary/aromatic N) is 3. The number of nitrogens with one attached hydrogen (secondary N) is 1. The van der Waals surface area contributed by atoms with Gasteiger partial charge in [-0.3, -0.25) is 9.59 Å². The van der Waals surface area contributed by atoms with Gasteiger partial charge in [-0.15, -0.1) is 6.58 Å². The Labute approximate surface area is 233 Å². The summed E-state index contributed by atoms with van der Waals surface area (Å²) in [5.74, 6) is -0.196. The summed E-state index contributed by atoms with van der Waals surface area (Å²) in [6, 6.07) is 10.7. The number of benzene rings is 1. The Bertz CT molecular complexity index is 1890. The highest BCUT2D eigenvalue weighted by molar-refractivity contribution is 7.91. The predicted molar refractivity (Wildman–Crippen MR) is 155 cm³/mol. The van der Waals surface area contributed by atoms with E-state index in [2.05, 4.69) is 16.5 Å². The number of aryl methyl sites for hydroxylation is 3. The van der Waals surface area contributed by atoms with Gasteiger partial charge in [0.15, 0.2) is 5.78 Å². The number of hydrogen-bond acceptors (Lipinski definition) is 6. The van der Waals surface area contributed by atoms with Gasteiger partial charge in [-0.2, -0.15) is 5.26 Å². The van der Waals surface area contributed by atoms with Crippen LogP contribution in [0.1, 0.15) is 64.1 Å². The van der Waals surface area contributed by atoms with Gasteiger partial charge in [-0.25, -0.2) is 17.4 Å². The number of ketones is 1. The molecule has 1 aliphatic carbocycles. The summed E-state index contributed by atoms with van der Waals surface area (Å²) >= 11 is 0. The molecule has 0 saturated heterocycles. The molecule has 0 unspecified atom stereocenters. The molecule has 3 heterocycles. The fourth-order valence-electron chi connectivity index (χ4n) is 5.49. The van der Waals surface area contributed by atoms with E-state index in [9.17, 15) is 18.0 Å². The molecular formula is C31H30N4O4S. The quantitative estimate of drug-likeness (QED) is 0.221. The summed E-state index contributed by atoms with van der Waals surface area (Å²) < 4.78 is 28.2. The zero-order chi connectivity index (χ0) is 28.8. The molecule has 3 aromatic heterocycles. The highest BCUT2D eigenvalue weighted by Gasteiger charge is 2.54.